The van der Waals surface area contributed by atoms with E-state index in [1.54, 1.807) is 0 Å². The van der Waals surface area contributed by atoms with Crippen LogP contribution in [0.15, 0.2) is 32.8 Å². The molecule has 0 atom stereocenters. The van der Waals surface area contributed by atoms with Crippen LogP contribution in [0.25, 0.3) is 0 Å². The molecule has 0 aliphatic rings. The average Bonchev–Trinajstić information content (AvgIpc) is 2.70. The summed E-state index contributed by atoms with van der Waals surface area (Å²) in [4.78, 5) is 13.7. The van der Waals surface area contributed by atoms with Gasteiger partial charge in [-0.25, -0.2) is 0 Å². The van der Waals surface area contributed by atoms with E-state index >= 15 is 0 Å². The van der Waals surface area contributed by atoms with Crippen molar-refractivity contribution in [1.82, 2.24) is 10.3 Å². The van der Waals surface area contributed by atoms with Crippen LogP contribution in [-0.2, 0) is 13.1 Å². The molecule has 0 bridgehead atoms. The van der Waals surface area contributed by atoms with Gasteiger partial charge in [0.1, 0.15) is 0 Å². The summed E-state index contributed by atoms with van der Waals surface area (Å²) in [7, 11) is 0. The molecule has 5 heteroatoms. The maximum absolute atomic E-state index is 10.9. The minimum atomic E-state index is -0.000111. The molecule has 0 radical (unpaired) electrons. The van der Waals surface area contributed by atoms with Crippen LogP contribution in [0.4, 0.5) is 0 Å². The van der Waals surface area contributed by atoms with Gasteiger partial charge in [0.15, 0.2) is 0 Å². The second-order valence-corrected chi connectivity index (χ2v) is 5.56. The van der Waals surface area contributed by atoms with Crippen LogP contribution in [0.3, 0.4) is 0 Å². The van der Waals surface area contributed by atoms with Crippen molar-refractivity contribution in [3.05, 3.63) is 54.5 Å². The number of thiazole rings is 1. The number of rotatable bonds is 4. The molecule has 0 aliphatic carbocycles. The van der Waals surface area contributed by atoms with Gasteiger partial charge in [0.2, 0.25) is 0 Å². The summed E-state index contributed by atoms with van der Waals surface area (Å²) in [6.45, 7) is 3.54. The lowest BCUT2D eigenvalue weighted by molar-refractivity contribution is 0.681. The Morgan fingerprint density at radius 2 is 2.24 bits per heavy atom. The highest BCUT2D eigenvalue weighted by Crippen LogP contribution is 2.17. The van der Waals surface area contributed by atoms with Gasteiger partial charge >= 0.3 is 4.87 Å². The monoisotopic (exact) mass is 312 g/mol. The predicted molar refractivity (Wildman–Crippen MR) is 74.4 cm³/mol. The molecule has 0 aliphatic heterocycles. The lowest BCUT2D eigenvalue weighted by Gasteiger charge is -2.05. The molecule has 0 saturated carbocycles. The summed E-state index contributed by atoms with van der Waals surface area (Å²) >= 11 is 4.71. The summed E-state index contributed by atoms with van der Waals surface area (Å²) in [5.74, 6) is 0. The van der Waals surface area contributed by atoms with E-state index in [-0.39, 0.29) is 4.87 Å². The first-order valence-corrected chi connectivity index (χ1v) is 6.95. The summed E-state index contributed by atoms with van der Waals surface area (Å²) in [6.07, 6.45) is 0. The van der Waals surface area contributed by atoms with Gasteiger partial charge in [0, 0.05) is 28.6 Å². The predicted octanol–water partition coefficient (Wildman–Crippen LogP) is 2.80. The van der Waals surface area contributed by atoms with E-state index in [1.165, 1.54) is 22.5 Å². The Balaban J connectivity index is 1.89. The standard InChI is InChI=1S/C12H13BrN2OS/c1-8-2-3-9(4-11(8)13)5-14-6-10-7-17-12(16)15-10/h2-4,7,14H,5-6H2,1H3,(H,15,16). The number of halogens is 1. The SMILES string of the molecule is Cc1ccc(CNCc2csc(=O)[nH]2)cc1Br. The largest absolute Gasteiger partial charge is 0.315 e. The van der Waals surface area contributed by atoms with Gasteiger partial charge in [-0.2, -0.15) is 0 Å². The molecule has 0 unspecified atom stereocenters. The third-order valence-corrected chi connectivity index (χ3v) is 4.02. The van der Waals surface area contributed by atoms with Crippen LogP contribution in [0, 0.1) is 6.92 Å². The number of hydrogen-bond acceptors (Lipinski definition) is 3. The molecule has 90 valence electrons. The first-order chi connectivity index (χ1) is 8.15. The summed E-state index contributed by atoms with van der Waals surface area (Å²) in [6, 6.07) is 6.30. The van der Waals surface area contributed by atoms with Gasteiger partial charge in [-0.15, -0.1) is 0 Å². The molecule has 17 heavy (non-hydrogen) atoms. The van der Waals surface area contributed by atoms with Crippen molar-refractivity contribution in [3.8, 4) is 0 Å². The molecule has 0 amide bonds. The Kier molecular flexibility index (Phi) is 4.15. The number of H-pyrrole nitrogens is 1. The van der Waals surface area contributed by atoms with E-state index in [9.17, 15) is 4.79 Å². The van der Waals surface area contributed by atoms with Gasteiger partial charge in [-0.05, 0) is 24.1 Å². The first kappa shape index (κ1) is 12.5. The molecule has 0 fully saturated rings. The second kappa shape index (κ2) is 5.62. The van der Waals surface area contributed by atoms with Crippen molar-refractivity contribution >= 4 is 27.3 Å². The Morgan fingerprint density at radius 1 is 1.41 bits per heavy atom. The van der Waals surface area contributed by atoms with E-state index < -0.39 is 0 Å². The Bertz CT molecular complexity index is 562. The third-order valence-electron chi connectivity index (χ3n) is 2.45. The zero-order chi connectivity index (χ0) is 12.3. The van der Waals surface area contributed by atoms with E-state index in [4.69, 9.17) is 0 Å². The van der Waals surface area contributed by atoms with Gasteiger partial charge in [-0.3, -0.25) is 4.79 Å². The first-order valence-electron chi connectivity index (χ1n) is 5.27. The Morgan fingerprint density at radius 3 is 2.88 bits per heavy atom. The highest BCUT2D eigenvalue weighted by atomic mass is 79.9. The molecule has 3 nitrogen and oxygen atoms in total. The number of aryl methyl sites for hydroxylation is 1. The van der Waals surface area contributed by atoms with Gasteiger partial charge in [0.05, 0.1) is 0 Å². The topological polar surface area (TPSA) is 44.9 Å². The van der Waals surface area contributed by atoms with Crippen LogP contribution in [0.1, 0.15) is 16.8 Å². The number of hydrogen-bond donors (Lipinski definition) is 2. The smallest absolute Gasteiger partial charge is 0.304 e. The quantitative estimate of drug-likeness (QED) is 0.912. The number of benzene rings is 1. The van der Waals surface area contributed by atoms with Crippen LogP contribution in [0.5, 0.6) is 0 Å². The highest BCUT2D eigenvalue weighted by molar-refractivity contribution is 9.10. The van der Waals surface area contributed by atoms with Gasteiger partial charge < -0.3 is 10.3 Å². The molecule has 1 aromatic carbocycles. The summed E-state index contributed by atoms with van der Waals surface area (Å²) in [5, 5.41) is 5.14. The number of nitrogens with one attached hydrogen (secondary N) is 2. The fourth-order valence-corrected chi connectivity index (χ4v) is 2.50. The Hall–Kier alpha value is -0.910. The fourth-order valence-electron chi connectivity index (χ4n) is 1.49. The molecular formula is C12H13BrN2OS. The summed E-state index contributed by atoms with van der Waals surface area (Å²) in [5.41, 5.74) is 3.39. The highest BCUT2D eigenvalue weighted by Gasteiger charge is 1.99. The maximum Gasteiger partial charge on any atom is 0.304 e. The average molecular weight is 313 g/mol. The maximum atomic E-state index is 10.9. The fraction of sp³-hybridized carbons (Fsp3) is 0.250. The van der Waals surface area contributed by atoms with Crippen molar-refractivity contribution in [2.75, 3.05) is 0 Å². The van der Waals surface area contributed by atoms with Crippen LogP contribution in [-0.4, -0.2) is 4.98 Å². The molecule has 2 aromatic rings. The lowest BCUT2D eigenvalue weighted by Crippen LogP contribution is -2.13. The van der Waals surface area contributed by atoms with Crippen molar-refractivity contribution in [1.29, 1.82) is 0 Å². The van der Waals surface area contributed by atoms with Crippen molar-refractivity contribution in [2.45, 2.75) is 20.0 Å². The number of aromatic amines is 1. The van der Waals surface area contributed by atoms with Crippen LogP contribution >= 0.6 is 27.3 Å². The van der Waals surface area contributed by atoms with Gasteiger partial charge in [-0.1, -0.05) is 39.4 Å². The van der Waals surface area contributed by atoms with E-state index in [0.29, 0.717) is 6.54 Å². The molecule has 2 rings (SSSR count). The van der Waals surface area contributed by atoms with E-state index in [0.717, 1.165) is 16.7 Å². The minimum Gasteiger partial charge on any atom is -0.315 e. The lowest BCUT2D eigenvalue weighted by atomic mass is 10.1. The van der Waals surface area contributed by atoms with Crippen LogP contribution in [0.2, 0.25) is 0 Å². The summed E-state index contributed by atoms with van der Waals surface area (Å²) < 4.78 is 1.13. The molecular weight excluding hydrogens is 300 g/mol. The Labute approximate surface area is 112 Å². The number of aromatic nitrogens is 1. The molecule has 0 saturated heterocycles. The van der Waals surface area contributed by atoms with Crippen molar-refractivity contribution < 1.29 is 0 Å². The van der Waals surface area contributed by atoms with Crippen molar-refractivity contribution in [2.24, 2.45) is 0 Å². The zero-order valence-corrected chi connectivity index (χ0v) is 11.8. The molecule has 0 spiro atoms. The molecule has 1 aromatic heterocycles. The zero-order valence-electron chi connectivity index (χ0n) is 9.42. The minimum absolute atomic E-state index is 0.000111. The molecule has 1 heterocycles. The van der Waals surface area contributed by atoms with E-state index in [2.05, 4.69) is 51.4 Å². The van der Waals surface area contributed by atoms with Gasteiger partial charge in [0.25, 0.3) is 0 Å². The van der Waals surface area contributed by atoms with E-state index in [1.807, 2.05) is 5.38 Å². The third kappa shape index (κ3) is 3.52. The normalized spacial score (nSPS) is 10.7. The van der Waals surface area contributed by atoms with Crippen LogP contribution < -0.4 is 10.2 Å². The van der Waals surface area contributed by atoms with Crippen molar-refractivity contribution in [3.63, 3.8) is 0 Å². The second-order valence-electron chi connectivity index (χ2n) is 3.86. The molecule has 2 N–H and O–H groups in total.